The predicted octanol–water partition coefficient (Wildman–Crippen LogP) is 2.98. The van der Waals surface area contributed by atoms with E-state index in [0.717, 1.165) is 0 Å². The number of nitrogens with zero attached hydrogens (tertiary/aromatic N) is 2. The monoisotopic (exact) mass is 202 g/mol. The van der Waals surface area contributed by atoms with E-state index in [9.17, 15) is 0 Å². The molecule has 0 heterocycles. The fourth-order valence-corrected chi connectivity index (χ4v) is 1.62. The molecule has 0 spiro atoms. The van der Waals surface area contributed by atoms with Gasteiger partial charge in [0.15, 0.2) is 0 Å². The van der Waals surface area contributed by atoms with E-state index in [2.05, 4.69) is 44.0 Å². The van der Waals surface area contributed by atoms with E-state index in [1.165, 1.54) is 5.56 Å². The minimum Gasteiger partial charge on any atom is -0.296 e. The van der Waals surface area contributed by atoms with Gasteiger partial charge in [0, 0.05) is 12.1 Å². The van der Waals surface area contributed by atoms with Gasteiger partial charge in [0.05, 0.1) is 12.5 Å². The van der Waals surface area contributed by atoms with Crippen molar-refractivity contribution in [3.05, 3.63) is 35.9 Å². The quantitative estimate of drug-likeness (QED) is 0.750. The lowest BCUT2D eigenvalue weighted by molar-refractivity contribution is 0.199. The number of hydrogen-bond donors (Lipinski definition) is 0. The molecular formula is C13H18N2. The predicted molar refractivity (Wildman–Crippen MR) is 62.3 cm³/mol. The Balaban J connectivity index is 2.89. The smallest absolute Gasteiger partial charge is 0.0641 e. The first kappa shape index (κ1) is 11.7. The van der Waals surface area contributed by atoms with E-state index in [1.807, 2.05) is 18.2 Å². The van der Waals surface area contributed by atoms with Crippen molar-refractivity contribution < 1.29 is 0 Å². The van der Waals surface area contributed by atoms with Crippen molar-refractivity contribution in [1.29, 1.82) is 5.26 Å². The van der Waals surface area contributed by atoms with Gasteiger partial charge in [-0.2, -0.15) is 5.26 Å². The van der Waals surface area contributed by atoms with Gasteiger partial charge in [-0.05, 0) is 26.5 Å². The van der Waals surface area contributed by atoms with E-state index >= 15 is 0 Å². The SMILES string of the molecule is CC(C)N(C)C(CC#N)c1ccccc1. The van der Waals surface area contributed by atoms with Gasteiger partial charge in [0.2, 0.25) is 0 Å². The summed E-state index contributed by atoms with van der Waals surface area (Å²) in [4.78, 5) is 2.23. The molecule has 0 aliphatic heterocycles. The van der Waals surface area contributed by atoms with Gasteiger partial charge in [0.25, 0.3) is 0 Å². The van der Waals surface area contributed by atoms with Crippen LogP contribution in [0.5, 0.6) is 0 Å². The van der Waals surface area contributed by atoms with Crippen LogP contribution < -0.4 is 0 Å². The Hall–Kier alpha value is -1.33. The van der Waals surface area contributed by atoms with Gasteiger partial charge in [-0.25, -0.2) is 0 Å². The summed E-state index contributed by atoms with van der Waals surface area (Å²) in [6.07, 6.45) is 0.540. The molecule has 0 amide bonds. The van der Waals surface area contributed by atoms with Crippen LogP contribution in [0.15, 0.2) is 30.3 Å². The topological polar surface area (TPSA) is 27.0 Å². The number of hydrogen-bond acceptors (Lipinski definition) is 2. The molecule has 1 aromatic carbocycles. The van der Waals surface area contributed by atoms with Crippen LogP contribution in [0.1, 0.15) is 31.9 Å². The van der Waals surface area contributed by atoms with Crippen LogP contribution in [0.4, 0.5) is 0 Å². The zero-order valence-corrected chi connectivity index (χ0v) is 9.64. The second-order valence-corrected chi connectivity index (χ2v) is 4.05. The third kappa shape index (κ3) is 3.07. The van der Waals surface area contributed by atoms with Crippen molar-refractivity contribution in [2.75, 3.05) is 7.05 Å². The zero-order valence-electron chi connectivity index (χ0n) is 9.64. The van der Waals surface area contributed by atoms with E-state index in [4.69, 9.17) is 5.26 Å². The lowest BCUT2D eigenvalue weighted by Crippen LogP contribution is -2.30. The van der Waals surface area contributed by atoms with Crippen LogP contribution >= 0.6 is 0 Å². The Labute approximate surface area is 92.1 Å². The van der Waals surface area contributed by atoms with Crippen LogP contribution in [-0.4, -0.2) is 18.0 Å². The third-order valence-corrected chi connectivity index (χ3v) is 2.78. The highest BCUT2D eigenvalue weighted by Crippen LogP contribution is 2.23. The zero-order chi connectivity index (χ0) is 11.3. The van der Waals surface area contributed by atoms with Crippen LogP contribution in [0, 0.1) is 11.3 Å². The lowest BCUT2D eigenvalue weighted by atomic mass is 10.0. The molecular weight excluding hydrogens is 184 g/mol. The Morgan fingerprint density at radius 3 is 2.33 bits per heavy atom. The highest BCUT2D eigenvalue weighted by Gasteiger charge is 2.18. The number of nitriles is 1. The normalized spacial score (nSPS) is 12.8. The Bertz CT molecular complexity index is 324. The van der Waals surface area contributed by atoms with Crippen molar-refractivity contribution in [3.8, 4) is 6.07 Å². The molecule has 0 saturated heterocycles. The molecule has 1 unspecified atom stereocenters. The molecule has 80 valence electrons. The van der Waals surface area contributed by atoms with E-state index < -0.39 is 0 Å². The minimum atomic E-state index is 0.205. The molecule has 0 fully saturated rings. The molecule has 2 nitrogen and oxygen atoms in total. The molecule has 0 aliphatic rings. The van der Waals surface area contributed by atoms with Crippen molar-refractivity contribution >= 4 is 0 Å². The Morgan fingerprint density at radius 2 is 1.87 bits per heavy atom. The average Bonchev–Trinajstić information content (AvgIpc) is 2.26. The number of benzene rings is 1. The molecule has 1 aromatic rings. The van der Waals surface area contributed by atoms with Gasteiger partial charge in [-0.3, -0.25) is 4.90 Å². The first-order valence-electron chi connectivity index (χ1n) is 5.30. The molecule has 2 heteroatoms. The average molecular weight is 202 g/mol. The van der Waals surface area contributed by atoms with E-state index in [-0.39, 0.29) is 6.04 Å². The highest BCUT2D eigenvalue weighted by atomic mass is 15.1. The molecule has 0 aromatic heterocycles. The summed E-state index contributed by atoms with van der Waals surface area (Å²) in [5.74, 6) is 0. The van der Waals surface area contributed by atoms with Crippen LogP contribution in [0.3, 0.4) is 0 Å². The lowest BCUT2D eigenvalue weighted by Gasteiger charge is -2.30. The van der Waals surface area contributed by atoms with Crippen LogP contribution in [0.2, 0.25) is 0 Å². The van der Waals surface area contributed by atoms with E-state index in [1.54, 1.807) is 0 Å². The Morgan fingerprint density at radius 1 is 1.27 bits per heavy atom. The molecule has 1 rings (SSSR count). The first-order chi connectivity index (χ1) is 7.16. The van der Waals surface area contributed by atoms with Crippen molar-refractivity contribution in [3.63, 3.8) is 0 Å². The Kier molecular flexibility index (Phi) is 4.33. The molecule has 0 radical (unpaired) electrons. The van der Waals surface area contributed by atoms with Crippen LogP contribution in [-0.2, 0) is 0 Å². The first-order valence-corrected chi connectivity index (χ1v) is 5.30. The van der Waals surface area contributed by atoms with Crippen molar-refractivity contribution in [1.82, 2.24) is 4.90 Å². The summed E-state index contributed by atoms with van der Waals surface area (Å²) in [6, 6.07) is 13.1. The molecule has 0 aliphatic carbocycles. The fourth-order valence-electron chi connectivity index (χ4n) is 1.62. The second kappa shape index (κ2) is 5.53. The maximum absolute atomic E-state index is 8.85. The fraction of sp³-hybridized carbons (Fsp3) is 0.462. The van der Waals surface area contributed by atoms with Gasteiger partial charge >= 0.3 is 0 Å². The number of rotatable bonds is 4. The van der Waals surface area contributed by atoms with Crippen LogP contribution in [0.25, 0.3) is 0 Å². The third-order valence-electron chi connectivity index (χ3n) is 2.78. The maximum atomic E-state index is 8.85. The molecule has 1 atom stereocenters. The van der Waals surface area contributed by atoms with Crippen molar-refractivity contribution in [2.45, 2.75) is 32.4 Å². The summed E-state index contributed by atoms with van der Waals surface area (Å²) in [5, 5.41) is 8.85. The summed E-state index contributed by atoms with van der Waals surface area (Å²) >= 11 is 0. The minimum absolute atomic E-state index is 0.205. The van der Waals surface area contributed by atoms with Gasteiger partial charge in [0.1, 0.15) is 0 Å². The molecule has 0 saturated carbocycles. The van der Waals surface area contributed by atoms with Gasteiger partial charge < -0.3 is 0 Å². The summed E-state index contributed by atoms with van der Waals surface area (Å²) in [6.45, 7) is 4.29. The second-order valence-electron chi connectivity index (χ2n) is 4.05. The summed E-state index contributed by atoms with van der Waals surface area (Å²) in [5.41, 5.74) is 1.22. The largest absolute Gasteiger partial charge is 0.296 e. The standard InChI is InChI=1S/C13H18N2/c1-11(2)15(3)13(9-10-14)12-7-5-4-6-8-12/h4-8,11,13H,9H2,1-3H3. The summed E-state index contributed by atoms with van der Waals surface area (Å²) in [7, 11) is 2.07. The van der Waals surface area contributed by atoms with Gasteiger partial charge in [-0.1, -0.05) is 30.3 Å². The van der Waals surface area contributed by atoms with E-state index in [0.29, 0.717) is 12.5 Å². The highest BCUT2D eigenvalue weighted by molar-refractivity contribution is 5.20. The maximum Gasteiger partial charge on any atom is 0.0641 e. The summed E-state index contributed by atoms with van der Waals surface area (Å²) < 4.78 is 0. The molecule has 15 heavy (non-hydrogen) atoms. The molecule has 0 bridgehead atoms. The van der Waals surface area contributed by atoms with Crippen molar-refractivity contribution in [2.24, 2.45) is 0 Å². The molecule has 0 N–H and O–H groups in total. The van der Waals surface area contributed by atoms with Gasteiger partial charge in [-0.15, -0.1) is 0 Å².